The summed E-state index contributed by atoms with van der Waals surface area (Å²) >= 11 is 0. The second kappa shape index (κ2) is 9.35. The Morgan fingerprint density at radius 2 is 1.55 bits per heavy atom. The van der Waals surface area contributed by atoms with Gasteiger partial charge < -0.3 is 14.9 Å². The highest BCUT2D eigenvalue weighted by Crippen LogP contribution is 2.25. The van der Waals surface area contributed by atoms with Gasteiger partial charge in [-0.25, -0.2) is 0 Å². The molecule has 0 aromatic carbocycles. The fourth-order valence-corrected chi connectivity index (χ4v) is 1.98. The molecule has 2 N–H and O–H groups in total. The standard InChI is InChI=1S/C16H32O4/c1-15(2,10-7-8-12-17)14(18)20-13-9-5-6-11-16(3,4)19/h17,19H,5-13H2,1-4H3. The van der Waals surface area contributed by atoms with E-state index in [4.69, 9.17) is 9.84 Å². The lowest BCUT2D eigenvalue weighted by molar-refractivity contribution is -0.154. The molecular weight excluding hydrogens is 256 g/mol. The second-order valence-corrected chi connectivity index (χ2v) is 6.82. The third-order valence-corrected chi connectivity index (χ3v) is 3.43. The molecule has 0 heterocycles. The molecule has 120 valence electrons. The number of hydrogen-bond donors (Lipinski definition) is 2. The van der Waals surface area contributed by atoms with E-state index in [9.17, 15) is 9.90 Å². The van der Waals surface area contributed by atoms with Crippen LogP contribution in [-0.2, 0) is 9.53 Å². The highest BCUT2D eigenvalue weighted by atomic mass is 16.5. The smallest absolute Gasteiger partial charge is 0.311 e. The van der Waals surface area contributed by atoms with Crippen molar-refractivity contribution >= 4 is 5.97 Å². The first-order valence-corrected chi connectivity index (χ1v) is 7.69. The van der Waals surface area contributed by atoms with E-state index in [1.807, 2.05) is 27.7 Å². The van der Waals surface area contributed by atoms with Crippen LogP contribution in [0.5, 0.6) is 0 Å². The third-order valence-electron chi connectivity index (χ3n) is 3.43. The van der Waals surface area contributed by atoms with Crippen LogP contribution in [0.15, 0.2) is 0 Å². The van der Waals surface area contributed by atoms with Gasteiger partial charge in [-0.15, -0.1) is 0 Å². The van der Waals surface area contributed by atoms with E-state index in [1.165, 1.54) is 0 Å². The Kier molecular flexibility index (Phi) is 9.06. The number of aliphatic hydroxyl groups excluding tert-OH is 1. The van der Waals surface area contributed by atoms with Crippen molar-refractivity contribution < 1.29 is 19.7 Å². The second-order valence-electron chi connectivity index (χ2n) is 6.82. The molecule has 20 heavy (non-hydrogen) atoms. The SMILES string of the molecule is CC(C)(O)CCCCCOC(=O)C(C)(C)CCCCO. The third kappa shape index (κ3) is 10.2. The van der Waals surface area contributed by atoms with Crippen molar-refractivity contribution in [2.75, 3.05) is 13.2 Å². The Morgan fingerprint density at radius 3 is 2.10 bits per heavy atom. The number of carbonyl (C=O) groups excluding carboxylic acids is 1. The van der Waals surface area contributed by atoms with Gasteiger partial charge in [0.1, 0.15) is 0 Å². The molecule has 0 radical (unpaired) electrons. The minimum atomic E-state index is -0.606. The summed E-state index contributed by atoms with van der Waals surface area (Å²) < 4.78 is 5.31. The predicted molar refractivity (Wildman–Crippen MR) is 80.4 cm³/mol. The number of unbranched alkanes of at least 4 members (excludes halogenated alkanes) is 3. The minimum absolute atomic E-state index is 0.155. The molecule has 0 rings (SSSR count). The van der Waals surface area contributed by atoms with Crippen LogP contribution in [0.4, 0.5) is 0 Å². The molecule has 0 aromatic rings. The number of esters is 1. The zero-order chi connectivity index (χ0) is 15.6. The molecule has 0 aromatic heterocycles. The fraction of sp³-hybridized carbons (Fsp3) is 0.938. The van der Waals surface area contributed by atoms with Gasteiger partial charge in [0.2, 0.25) is 0 Å². The van der Waals surface area contributed by atoms with E-state index in [-0.39, 0.29) is 12.6 Å². The topological polar surface area (TPSA) is 66.8 Å². The molecule has 4 nitrogen and oxygen atoms in total. The lowest BCUT2D eigenvalue weighted by atomic mass is 9.87. The van der Waals surface area contributed by atoms with E-state index in [2.05, 4.69) is 0 Å². The summed E-state index contributed by atoms with van der Waals surface area (Å²) in [6, 6.07) is 0. The molecule has 0 fully saturated rings. The zero-order valence-corrected chi connectivity index (χ0v) is 13.6. The van der Waals surface area contributed by atoms with E-state index in [0.29, 0.717) is 6.61 Å². The molecule has 0 unspecified atom stereocenters. The molecule has 0 bridgehead atoms. The van der Waals surface area contributed by atoms with Crippen LogP contribution in [-0.4, -0.2) is 35.0 Å². The minimum Gasteiger partial charge on any atom is -0.465 e. The molecule has 0 aliphatic heterocycles. The van der Waals surface area contributed by atoms with Crippen LogP contribution in [0, 0.1) is 5.41 Å². The van der Waals surface area contributed by atoms with Crippen LogP contribution in [0.1, 0.15) is 72.6 Å². The summed E-state index contributed by atoms with van der Waals surface area (Å²) in [7, 11) is 0. The van der Waals surface area contributed by atoms with Crippen molar-refractivity contribution in [3.05, 3.63) is 0 Å². The van der Waals surface area contributed by atoms with Gasteiger partial charge in [-0.3, -0.25) is 4.79 Å². The Balaban J connectivity index is 3.71. The molecule has 0 aliphatic carbocycles. The largest absolute Gasteiger partial charge is 0.465 e. The summed E-state index contributed by atoms with van der Waals surface area (Å²) in [6.07, 6.45) is 5.83. The number of rotatable bonds is 11. The van der Waals surface area contributed by atoms with E-state index >= 15 is 0 Å². The lowest BCUT2D eigenvalue weighted by Gasteiger charge is -2.22. The van der Waals surface area contributed by atoms with Gasteiger partial charge in [0, 0.05) is 6.61 Å². The average Bonchev–Trinajstić information content (AvgIpc) is 2.32. The number of carbonyl (C=O) groups is 1. The van der Waals surface area contributed by atoms with Gasteiger partial charge in [0.15, 0.2) is 0 Å². The molecule has 0 spiro atoms. The van der Waals surface area contributed by atoms with Crippen LogP contribution in [0.2, 0.25) is 0 Å². The van der Waals surface area contributed by atoms with Gasteiger partial charge in [-0.2, -0.15) is 0 Å². The zero-order valence-electron chi connectivity index (χ0n) is 13.6. The average molecular weight is 288 g/mol. The predicted octanol–water partition coefficient (Wildman–Crippen LogP) is 3.05. The number of aliphatic hydroxyl groups is 2. The number of ether oxygens (including phenoxy) is 1. The van der Waals surface area contributed by atoms with Crippen LogP contribution in [0.25, 0.3) is 0 Å². The summed E-state index contributed by atoms with van der Waals surface area (Å²) in [5.74, 6) is -0.155. The van der Waals surface area contributed by atoms with Crippen LogP contribution < -0.4 is 0 Å². The van der Waals surface area contributed by atoms with Gasteiger partial charge in [0.05, 0.1) is 17.6 Å². The molecular formula is C16H32O4. The Hall–Kier alpha value is -0.610. The van der Waals surface area contributed by atoms with Crippen LogP contribution in [0.3, 0.4) is 0 Å². The van der Waals surface area contributed by atoms with Crippen LogP contribution >= 0.6 is 0 Å². The maximum Gasteiger partial charge on any atom is 0.311 e. The lowest BCUT2D eigenvalue weighted by Crippen LogP contribution is -2.27. The van der Waals surface area contributed by atoms with Gasteiger partial charge >= 0.3 is 5.97 Å². The molecule has 0 amide bonds. The molecule has 0 atom stereocenters. The first-order valence-electron chi connectivity index (χ1n) is 7.69. The highest BCUT2D eigenvalue weighted by molar-refractivity contribution is 5.75. The van der Waals surface area contributed by atoms with Crippen molar-refractivity contribution in [3.63, 3.8) is 0 Å². The molecule has 4 heteroatoms. The number of hydrogen-bond acceptors (Lipinski definition) is 4. The van der Waals surface area contributed by atoms with E-state index < -0.39 is 11.0 Å². The van der Waals surface area contributed by atoms with Crippen molar-refractivity contribution in [2.45, 2.75) is 78.2 Å². The maximum atomic E-state index is 11.9. The Bertz CT molecular complexity index is 266. The molecule has 0 saturated heterocycles. The van der Waals surface area contributed by atoms with Gasteiger partial charge in [-0.1, -0.05) is 12.8 Å². The van der Waals surface area contributed by atoms with E-state index in [1.54, 1.807) is 0 Å². The monoisotopic (exact) mass is 288 g/mol. The summed E-state index contributed by atoms with van der Waals surface area (Å²) in [4.78, 5) is 11.9. The fourth-order valence-electron chi connectivity index (χ4n) is 1.98. The van der Waals surface area contributed by atoms with Gasteiger partial charge in [0.25, 0.3) is 0 Å². The Labute approximate surface area is 123 Å². The summed E-state index contributed by atoms with van der Waals surface area (Å²) in [5, 5.41) is 18.3. The van der Waals surface area contributed by atoms with Crippen molar-refractivity contribution in [1.29, 1.82) is 0 Å². The maximum absolute atomic E-state index is 11.9. The first-order chi connectivity index (χ1) is 9.19. The Morgan fingerprint density at radius 1 is 0.950 bits per heavy atom. The summed E-state index contributed by atoms with van der Waals surface area (Å²) in [6.45, 7) is 8.02. The highest BCUT2D eigenvalue weighted by Gasteiger charge is 2.28. The van der Waals surface area contributed by atoms with Crippen molar-refractivity contribution in [2.24, 2.45) is 5.41 Å². The van der Waals surface area contributed by atoms with Crippen molar-refractivity contribution in [1.82, 2.24) is 0 Å². The van der Waals surface area contributed by atoms with E-state index in [0.717, 1.165) is 44.9 Å². The first kappa shape index (κ1) is 19.4. The normalized spacial score (nSPS) is 12.5. The quantitative estimate of drug-likeness (QED) is 0.453. The molecule has 0 saturated carbocycles. The molecule has 0 aliphatic rings. The van der Waals surface area contributed by atoms with Gasteiger partial charge in [-0.05, 0) is 59.8 Å². The van der Waals surface area contributed by atoms with Crippen molar-refractivity contribution in [3.8, 4) is 0 Å². The summed E-state index contributed by atoms with van der Waals surface area (Å²) in [5.41, 5.74) is -1.08.